The van der Waals surface area contributed by atoms with E-state index in [1.165, 1.54) is 28.0 Å². The zero-order valence-corrected chi connectivity index (χ0v) is 20.6. The van der Waals surface area contributed by atoms with Crippen LogP contribution in [0.15, 0.2) is 54.6 Å². The zero-order valence-electron chi connectivity index (χ0n) is 19.8. The van der Waals surface area contributed by atoms with Crippen LogP contribution in [0.5, 0.6) is 0 Å². The number of urea groups is 1. The van der Waals surface area contributed by atoms with Crippen molar-refractivity contribution in [3.8, 4) is 0 Å². The van der Waals surface area contributed by atoms with Crippen molar-refractivity contribution in [1.29, 1.82) is 0 Å². The van der Waals surface area contributed by atoms with E-state index in [2.05, 4.69) is 64.3 Å². The molecule has 0 spiro atoms. The summed E-state index contributed by atoms with van der Waals surface area (Å²) in [4.78, 5) is 29.6. The third-order valence-electron chi connectivity index (χ3n) is 5.61. The number of hydrogen-bond donors (Lipinski definition) is 3. The number of amides is 3. The van der Waals surface area contributed by atoms with Gasteiger partial charge in [-0.05, 0) is 69.0 Å². The summed E-state index contributed by atoms with van der Waals surface area (Å²) < 4.78 is 0.833. The molecular formula is C27H28N4O2S. The van der Waals surface area contributed by atoms with Crippen molar-refractivity contribution in [2.24, 2.45) is 0 Å². The number of nitrogens with one attached hydrogen (secondary N) is 3. The van der Waals surface area contributed by atoms with E-state index in [1.54, 1.807) is 12.1 Å². The molecule has 0 aliphatic carbocycles. The largest absolute Gasteiger partial charge is 0.337 e. The summed E-state index contributed by atoms with van der Waals surface area (Å²) in [6.45, 7) is 8.60. The van der Waals surface area contributed by atoms with Gasteiger partial charge in [0.15, 0.2) is 5.13 Å². The number of fused-ring (bicyclic) bond motifs is 1. The van der Waals surface area contributed by atoms with Gasteiger partial charge in [0.2, 0.25) is 0 Å². The molecule has 34 heavy (non-hydrogen) atoms. The van der Waals surface area contributed by atoms with Gasteiger partial charge in [-0.3, -0.25) is 10.1 Å². The van der Waals surface area contributed by atoms with Crippen LogP contribution in [-0.2, 0) is 6.42 Å². The normalized spacial score (nSPS) is 10.8. The Morgan fingerprint density at radius 1 is 0.853 bits per heavy atom. The fourth-order valence-electron chi connectivity index (χ4n) is 3.90. The number of carbonyl (C=O) groups excluding carboxylic acids is 2. The summed E-state index contributed by atoms with van der Waals surface area (Å²) in [7, 11) is 0. The van der Waals surface area contributed by atoms with Gasteiger partial charge in [-0.15, -0.1) is 0 Å². The van der Waals surface area contributed by atoms with E-state index in [0.29, 0.717) is 17.2 Å². The SMILES string of the molecule is Cc1ccc(CCNC(=O)Nc2nc3ccc(C(=O)Nc4c(C)cc(C)cc4C)cc3s2)cc1. The molecule has 0 saturated carbocycles. The van der Waals surface area contributed by atoms with Crippen LogP contribution in [0.1, 0.15) is 38.2 Å². The second-order valence-electron chi connectivity index (χ2n) is 8.55. The lowest BCUT2D eigenvalue weighted by atomic mass is 10.0. The van der Waals surface area contributed by atoms with Crippen molar-refractivity contribution >= 4 is 44.3 Å². The number of anilines is 2. The van der Waals surface area contributed by atoms with Gasteiger partial charge in [0.1, 0.15) is 0 Å². The maximum Gasteiger partial charge on any atom is 0.321 e. The first-order valence-corrected chi connectivity index (χ1v) is 12.0. The van der Waals surface area contributed by atoms with E-state index in [1.807, 2.05) is 26.8 Å². The average Bonchev–Trinajstić information content (AvgIpc) is 3.18. The number of aromatic nitrogens is 1. The molecule has 3 amide bonds. The molecule has 3 N–H and O–H groups in total. The monoisotopic (exact) mass is 472 g/mol. The van der Waals surface area contributed by atoms with E-state index in [-0.39, 0.29) is 11.9 Å². The molecule has 1 heterocycles. The second-order valence-corrected chi connectivity index (χ2v) is 9.58. The van der Waals surface area contributed by atoms with Crippen molar-refractivity contribution in [2.75, 3.05) is 17.2 Å². The van der Waals surface area contributed by atoms with Crippen molar-refractivity contribution in [3.63, 3.8) is 0 Å². The van der Waals surface area contributed by atoms with E-state index >= 15 is 0 Å². The van der Waals surface area contributed by atoms with Crippen LogP contribution in [0.2, 0.25) is 0 Å². The molecule has 3 aromatic carbocycles. The lowest BCUT2D eigenvalue weighted by Gasteiger charge is -2.12. The Hall–Kier alpha value is -3.71. The molecule has 4 aromatic rings. The summed E-state index contributed by atoms with van der Waals surface area (Å²) in [5.41, 5.74) is 7.74. The second kappa shape index (κ2) is 10.1. The van der Waals surface area contributed by atoms with Crippen molar-refractivity contribution in [3.05, 3.63) is 88.0 Å². The minimum Gasteiger partial charge on any atom is -0.337 e. The zero-order chi connectivity index (χ0) is 24.2. The molecule has 0 aliphatic heterocycles. The first kappa shape index (κ1) is 23.4. The molecule has 174 valence electrons. The molecule has 4 rings (SSSR count). The molecule has 0 unspecified atom stereocenters. The van der Waals surface area contributed by atoms with Crippen LogP contribution < -0.4 is 16.0 Å². The number of rotatable bonds is 6. The Morgan fingerprint density at radius 3 is 2.26 bits per heavy atom. The topological polar surface area (TPSA) is 83.1 Å². The molecule has 0 atom stereocenters. The van der Waals surface area contributed by atoms with E-state index in [4.69, 9.17) is 0 Å². The van der Waals surface area contributed by atoms with E-state index in [0.717, 1.165) is 33.5 Å². The highest BCUT2D eigenvalue weighted by Gasteiger charge is 2.13. The molecule has 0 fully saturated rings. The molecule has 1 aromatic heterocycles. The summed E-state index contributed by atoms with van der Waals surface area (Å²) in [5.74, 6) is -0.172. The molecule has 0 saturated heterocycles. The first-order valence-electron chi connectivity index (χ1n) is 11.2. The molecule has 0 radical (unpaired) electrons. The molecule has 0 bridgehead atoms. The minimum absolute atomic E-state index is 0.172. The smallest absolute Gasteiger partial charge is 0.321 e. The summed E-state index contributed by atoms with van der Waals surface area (Å²) in [6.07, 6.45) is 0.756. The van der Waals surface area contributed by atoms with Gasteiger partial charge in [-0.25, -0.2) is 9.78 Å². The standard InChI is InChI=1S/C27H28N4O2S/c1-16-5-7-20(8-6-16)11-12-28-26(33)31-27-29-22-10-9-21(15-23(22)34-27)25(32)30-24-18(3)13-17(2)14-19(24)4/h5-10,13-15H,11-12H2,1-4H3,(H,30,32)(H2,28,29,31,33). The van der Waals surface area contributed by atoms with Crippen LogP contribution in [-0.4, -0.2) is 23.5 Å². The Morgan fingerprint density at radius 2 is 1.56 bits per heavy atom. The number of aryl methyl sites for hydroxylation is 4. The van der Waals surface area contributed by atoms with Gasteiger partial charge in [0, 0.05) is 17.8 Å². The molecular weight excluding hydrogens is 444 g/mol. The number of benzene rings is 3. The Kier molecular flexibility index (Phi) is 6.93. The lowest BCUT2D eigenvalue weighted by Crippen LogP contribution is -2.30. The number of carbonyl (C=O) groups is 2. The van der Waals surface area contributed by atoms with Crippen molar-refractivity contribution in [2.45, 2.75) is 34.1 Å². The van der Waals surface area contributed by atoms with Crippen LogP contribution in [0.4, 0.5) is 15.6 Å². The number of hydrogen-bond acceptors (Lipinski definition) is 4. The fourth-order valence-corrected chi connectivity index (χ4v) is 4.80. The van der Waals surface area contributed by atoms with Crippen LogP contribution in [0, 0.1) is 27.7 Å². The van der Waals surface area contributed by atoms with Gasteiger partial charge < -0.3 is 10.6 Å². The molecule has 6 nitrogen and oxygen atoms in total. The maximum absolute atomic E-state index is 12.9. The highest BCUT2D eigenvalue weighted by molar-refractivity contribution is 7.22. The van der Waals surface area contributed by atoms with Gasteiger partial charge in [-0.2, -0.15) is 0 Å². The van der Waals surface area contributed by atoms with Crippen molar-refractivity contribution in [1.82, 2.24) is 10.3 Å². The van der Waals surface area contributed by atoms with E-state index in [9.17, 15) is 9.59 Å². The molecule has 0 aliphatic rings. The molecule has 7 heteroatoms. The first-order chi connectivity index (χ1) is 16.3. The van der Waals surface area contributed by atoms with Gasteiger partial charge in [-0.1, -0.05) is 58.9 Å². The number of thiazole rings is 1. The van der Waals surface area contributed by atoms with Crippen LogP contribution >= 0.6 is 11.3 Å². The third kappa shape index (κ3) is 5.61. The number of nitrogens with zero attached hydrogens (tertiary/aromatic N) is 1. The highest BCUT2D eigenvalue weighted by Crippen LogP contribution is 2.28. The maximum atomic E-state index is 12.9. The quantitative estimate of drug-likeness (QED) is 0.315. The summed E-state index contributed by atoms with van der Waals surface area (Å²) in [6, 6.07) is 17.4. The van der Waals surface area contributed by atoms with Crippen molar-refractivity contribution < 1.29 is 9.59 Å². The predicted octanol–water partition coefficient (Wildman–Crippen LogP) is 6.15. The van der Waals surface area contributed by atoms with Crippen LogP contribution in [0.3, 0.4) is 0 Å². The van der Waals surface area contributed by atoms with Gasteiger partial charge >= 0.3 is 6.03 Å². The average molecular weight is 473 g/mol. The van der Waals surface area contributed by atoms with Gasteiger partial charge in [0.25, 0.3) is 5.91 Å². The van der Waals surface area contributed by atoms with Gasteiger partial charge in [0.05, 0.1) is 10.2 Å². The Bertz CT molecular complexity index is 1340. The van der Waals surface area contributed by atoms with E-state index < -0.39 is 0 Å². The minimum atomic E-state index is -0.297. The Labute approximate surface area is 203 Å². The lowest BCUT2D eigenvalue weighted by molar-refractivity contribution is 0.102. The summed E-state index contributed by atoms with van der Waals surface area (Å²) >= 11 is 1.34. The highest BCUT2D eigenvalue weighted by atomic mass is 32.1. The summed E-state index contributed by atoms with van der Waals surface area (Å²) in [5, 5.41) is 9.18. The third-order valence-corrected chi connectivity index (χ3v) is 6.54. The van der Waals surface area contributed by atoms with Crippen LogP contribution in [0.25, 0.3) is 10.2 Å². The predicted molar refractivity (Wildman–Crippen MR) is 140 cm³/mol. The fraction of sp³-hybridized carbons (Fsp3) is 0.222. The Balaban J connectivity index is 1.38.